The molecule has 2 aromatic rings. The van der Waals surface area contributed by atoms with Gasteiger partial charge < -0.3 is 15.7 Å². The van der Waals surface area contributed by atoms with Gasteiger partial charge in [-0.25, -0.2) is 9.37 Å². The van der Waals surface area contributed by atoms with Crippen LogP contribution in [0.1, 0.15) is 5.69 Å². The van der Waals surface area contributed by atoms with Crippen LogP contribution in [0.5, 0.6) is 0 Å². The molecule has 0 unspecified atom stereocenters. The molecule has 0 atom stereocenters. The van der Waals surface area contributed by atoms with Crippen LogP contribution in [0.4, 0.5) is 28.9 Å². The second-order valence-electron chi connectivity index (χ2n) is 6.46. The summed E-state index contributed by atoms with van der Waals surface area (Å²) in [6, 6.07) is 7.08. The molecule has 1 amide bonds. The van der Waals surface area contributed by atoms with E-state index in [-0.39, 0.29) is 35.2 Å². The average molecular weight is 455 g/mol. The van der Waals surface area contributed by atoms with Crippen LogP contribution in [-0.2, 0) is 11.0 Å². The zero-order chi connectivity index (χ0) is 22.8. The summed E-state index contributed by atoms with van der Waals surface area (Å²) in [7, 11) is 1.54. The molecule has 0 saturated carbocycles. The highest BCUT2D eigenvalue weighted by Gasteiger charge is 2.34. The van der Waals surface area contributed by atoms with Gasteiger partial charge in [0.25, 0.3) is 5.91 Å². The topological polar surface area (TPSA) is 80.7 Å². The van der Waals surface area contributed by atoms with E-state index in [1.807, 2.05) is 0 Å². The summed E-state index contributed by atoms with van der Waals surface area (Å²) in [6.45, 7) is -0.402. The number of nitrogens with zero attached hydrogens (tertiary/aromatic N) is 3. The first-order valence-corrected chi connectivity index (χ1v) is 9.29. The average Bonchev–Trinajstić information content (AvgIpc) is 2.74. The Morgan fingerprint density at radius 3 is 2.39 bits per heavy atom. The minimum atomic E-state index is -4.59. The summed E-state index contributed by atoms with van der Waals surface area (Å²) in [6.07, 6.45) is -3.58. The molecule has 2 heterocycles. The SMILES string of the molecule is CNC(=S)N1CC(C(=O)Nc2ccc(F)cc2)=C(O)CN1c1ccc(C(F)(F)F)nc1. The maximum Gasteiger partial charge on any atom is 0.433 e. The molecule has 0 bridgehead atoms. The molecule has 12 heteroatoms. The Morgan fingerprint density at radius 2 is 1.84 bits per heavy atom. The van der Waals surface area contributed by atoms with Crippen LogP contribution in [0, 0.1) is 5.82 Å². The molecule has 1 aromatic carbocycles. The van der Waals surface area contributed by atoms with Gasteiger partial charge in [-0.1, -0.05) is 0 Å². The summed E-state index contributed by atoms with van der Waals surface area (Å²) >= 11 is 5.25. The van der Waals surface area contributed by atoms with Gasteiger partial charge >= 0.3 is 6.18 Å². The van der Waals surface area contributed by atoms with Gasteiger partial charge in [-0.15, -0.1) is 0 Å². The molecule has 0 saturated heterocycles. The zero-order valence-corrected chi connectivity index (χ0v) is 16.9. The first kappa shape index (κ1) is 22.3. The number of aromatic nitrogens is 1. The van der Waals surface area contributed by atoms with Gasteiger partial charge in [0.05, 0.1) is 30.5 Å². The largest absolute Gasteiger partial charge is 0.510 e. The van der Waals surface area contributed by atoms with Crippen molar-refractivity contribution < 1.29 is 27.5 Å². The highest BCUT2D eigenvalue weighted by molar-refractivity contribution is 7.80. The lowest BCUT2D eigenvalue weighted by Gasteiger charge is -2.41. The second-order valence-corrected chi connectivity index (χ2v) is 6.84. The van der Waals surface area contributed by atoms with Crippen molar-refractivity contribution in [3.63, 3.8) is 0 Å². The summed E-state index contributed by atoms with van der Waals surface area (Å²) in [5.41, 5.74) is -0.507. The zero-order valence-electron chi connectivity index (χ0n) is 16.1. The number of amides is 1. The molecule has 0 radical (unpaired) electrons. The van der Waals surface area contributed by atoms with E-state index in [1.54, 1.807) is 7.05 Å². The van der Waals surface area contributed by atoms with E-state index >= 15 is 0 Å². The lowest BCUT2D eigenvalue weighted by molar-refractivity contribution is -0.141. The summed E-state index contributed by atoms with van der Waals surface area (Å²) in [4.78, 5) is 16.1. The smallest absolute Gasteiger partial charge is 0.433 e. The van der Waals surface area contributed by atoms with Crippen molar-refractivity contribution in [2.75, 3.05) is 30.5 Å². The van der Waals surface area contributed by atoms with Gasteiger partial charge in [-0.05, 0) is 48.6 Å². The number of halogens is 4. The number of aliphatic hydroxyl groups is 1. The van der Waals surface area contributed by atoms with E-state index < -0.39 is 23.6 Å². The van der Waals surface area contributed by atoms with Crippen LogP contribution in [0.15, 0.2) is 53.9 Å². The Morgan fingerprint density at radius 1 is 1.16 bits per heavy atom. The minimum Gasteiger partial charge on any atom is -0.510 e. The predicted molar refractivity (Wildman–Crippen MR) is 110 cm³/mol. The first-order chi connectivity index (χ1) is 14.6. The number of thiocarbonyl (C=S) groups is 1. The Kier molecular flexibility index (Phi) is 6.29. The van der Waals surface area contributed by atoms with Gasteiger partial charge in [0.1, 0.15) is 17.3 Å². The second kappa shape index (κ2) is 8.76. The fraction of sp³-hybridized carbons (Fsp3) is 0.211. The van der Waals surface area contributed by atoms with Crippen molar-refractivity contribution in [1.82, 2.24) is 15.3 Å². The van der Waals surface area contributed by atoms with Crippen LogP contribution in [0.3, 0.4) is 0 Å². The van der Waals surface area contributed by atoms with E-state index in [0.717, 1.165) is 12.3 Å². The molecule has 0 spiro atoms. The van der Waals surface area contributed by atoms with Crippen molar-refractivity contribution in [1.29, 1.82) is 0 Å². The number of carbonyl (C=O) groups excluding carboxylic acids is 1. The Balaban J connectivity index is 1.87. The van der Waals surface area contributed by atoms with E-state index in [2.05, 4.69) is 15.6 Å². The van der Waals surface area contributed by atoms with Gasteiger partial charge in [-0.3, -0.25) is 14.8 Å². The van der Waals surface area contributed by atoms with Crippen molar-refractivity contribution >= 4 is 34.6 Å². The van der Waals surface area contributed by atoms with E-state index in [9.17, 15) is 27.5 Å². The molecule has 7 nitrogen and oxygen atoms in total. The van der Waals surface area contributed by atoms with Crippen molar-refractivity contribution in [2.45, 2.75) is 6.18 Å². The highest BCUT2D eigenvalue weighted by atomic mass is 32.1. The number of benzene rings is 1. The van der Waals surface area contributed by atoms with Gasteiger partial charge in [-0.2, -0.15) is 13.2 Å². The van der Waals surface area contributed by atoms with Crippen molar-refractivity contribution in [2.24, 2.45) is 0 Å². The van der Waals surface area contributed by atoms with Gasteiger partial charge in [0.15, 0.2) is 5.11 Å². The van der Waals surface area contributed by atoms with Crippen molar-refractivity contribution in [3.05, 3.63) is 65.4 Å². The van der Waals surface area contributed by atoms with E-state index in [0.29, 0.717) is 5.69 Å². The normalized spacial score (nSPS) is 14.5. The maximum absolute atomic E-state index is 13.1. The molecule has 31 heavy (non-hydrogen) atoms. The molecule has 0 aliphatic carbocycles. The quantitative estimate of drug-likeness (QED) is 0.484. The Labute approximate surface area is 179 Å². The monoisotopic (exact) mass is 455 g/mol. The summed E-state index contributed by atoms with van der Waals surface area (Å²) in [5.74, 6) is -1.39. The molecule has 3 rings (SSSR count). The predicted octanol–water partition coefficient (Wildman–Crippen LogP) is 3.23. The first-order valence-electron chi connectivity index (χ1n) is 8.88. The third-order valence-corrected chi connectivity index (χ3v) is 4.82. The molecule has 1 aliphatic rings. The number of hydrazine groups is 1. The minimum absolute atomic E-state index is 0.00181. The molecule has 3 N–H and O–H groups in total. The van der Waals surface area contributed by atoms with Crippen LogP contribution >= 0.6 is 12.2 Å². The lowest BCUT2D eigenvalue weighted by atomic mass is 10.1. The standard InChI is InChI=1S/C19H17F4N5O2S/c1-24-18(31)28-9-14(17(30)26-12-4-2-11(20)3-5-12)15(29)10-27(28)13-6-7-16(25-8-13)19(21,22)23/h2-8,29H,9-10H2,1H3,(H,24,31)(H,26,30). The van der Waals surface area contributed by atoms with Gasteiger partial charge in [0.2, 0.25) is 0 Å². The van der Waals surface area contributed by atoms with Crippen LogP contribution in [0.25, 0.3) is 0 Å². The van der Waals surface area contributed by atoms with Crippen LogP contribution < -0.4 is 15.6 Å². The highest BCUT2D eigenvalue weighted by Crippen LogP contribution is 2.30. The molecule has 1 aromatic heterocycles. The van der Waals surface area contributed by atoms with Gasteiger partial charge in [0, 0.05) is 12.7 Å². The Bertz CT molecular complexity index is 1010. The maximum atomic E-state index is 13.1. The summed E-state index contributed by atoms with van der Waals surface area (Å²) < 4.78 is 51.4. The van der Waals surface area contributed by atoms with Crippen LogP contribution in [0.2, 0.25) is 0 Å². The Hall–Kier alpha value is -3.41. The van der Waals surface area contributed by atoms with E-state index in [1.165, 1.54) is 40.3 Å². The number of anilines is 2. The molecule has 0 fully saturated rings. The number of carbonyl (C=O) groups is 1. The summed E-state index contributed by atoms with van der Waals surface area (Å²) in [5, 5.41) is 18.8. The number of aliphatic hydroxyl groups excluding tert-OH is 1. The molecule has 164 valence electrons. The van der Waals surface area contributed by atoms with Crippen molar-refractivity contribution in [3.8, 4) is 0 Å². The number of rotatable bonds is 3. The number of hydrogen-bond donors (Lipinski definition) is 3. The molecule has 1 aliphatic heterocycles. The fourth-order valence-electron chi connectivity index (χ4n) is 2.84. The number of nitrogens with one attached hydrogen (secondary N) is 2. The third kappa shape index (κ3) is 5.02. The van der Waals surface area contributed by atoms with E-state index in [4.69, 9.17) is 12.2 Å². The lowest BCUT2D eigenvalue weighted by Crippen LogP contribution is -2.55. The number of alkyl halides is 3. The number of hydrogen-bond acceptors (Lipinski definition) is 5. The van der Waals surface area contributed by atoms with Crippen LogP contribution in [-0.4, -0.2) is 46.3 Å². The number of pyridine rings is 1. The molecular weight excluding hydrogens is 438 g/mol. The fourth-order valence-corrected chi connectivity index (χ4v) is 3.00. The third-order valence-electron chi connectivity index (χ3n) is 4.41. The molecular formula is C19H17F4N5O2S.